The predicted molar refractivity (Wildman–Crippen MR) is 137 cm³/mol. The number of hydrogen-bond donors (Lipinski definition) is 5. The molecule has 1 aromatic heterocycles. The summed E-state index contributed by atoms with van der Waals surface area (Å²) in [5.41, 5.74) is 3.68. The van der Waals surface area contributed by atoms with Crippen molar-refractivity contribution in [2.45, 2.75) is 52.4 Å². The number of hydroxylamine groups is 1. The van der Waals surface area contributed by atoms with Crippen molar-refractivity contribution < 1.29 is 34.3 Å². The molecule has 2 aromatic carbocycles. The van der Waals surface area contributed by atoms with E-state index in [9.17, 15) is 19.8 Å². The molecule has 1 heterocycles. The van der Waals surface area contributed by atoms with Gasteiger partial charge in [0.25, 0.3) is 5.91 Å². The summed E-state index contributed by atoms with van der Waals surface area (Å²) in [4.78, 5) is 23.8. The van der Waals surface area contributed by atoms with Crippen molar-refractivity contribution in [3.63, 3.8) is 0 Å². The molecule has 10 nitrogen and oxygen atoms in total. The first-order valence-corrected chi connectivity index (χ1v) is 12.3. The lowest BCUT2D eigenvalue weighted by molar-refractivity contribution is -0.129. The molecule has 37 heavy (non-hydrogen) atoms. The molecule has 0 saturated heterocycles. The van der Waals surface area contributed by atoms with E-state index in [0.29, 0.717) is 47.6 Å². The Morgan fingerprint density at radius 2 is 1.78 bits per heavy atom. The van der Waals surface area contributed by atoms with E-state index in [1.165, 1.54) is 6.07 Å². The second kappa shape index (κ2) is 12.8. The number of rotatable bonds is 12. The number of ether oxygens (including phenoxy) is 1. The molecule has 3 aromatic rings. The molecule has 0 saturated carbocycles. The predicted octanol–water partition coefficient (Wildman–Crippen LogP) is 4.74. The third-order valence-corrected chi connectivity index (χ3v) is 5.84. The third-order valence-electron chi connectivity index (χ3n) is 5.84. The number of hydrogen-bond acceptors (Lipinski definition) is 8. The highest BCUT2D eigenvalue weighted by Crippen LogP contribution is 2.43. The SMILES string of the molecule is CCNC(=O)c1noc(-c2cc(C(C)C)c(O)cc2O)c1-c1ccc(OCCCCCC(=O)NO)cc1. The normalized spacial score (nSPS) is 10.9. The standard InChI is InChI=1S/C27H33N3O7/c1-4-28-27(34)25-24(26(37-30-25)20-14-19(16(2)3)21(31)15-22(20)32)17-9-11-18(12-10-17)36-13-7-5-6-8-23(33)29-35/h9-12,14-16,31-32,35H,4-8,13H2,1-3H3,(H,28,34)(H,29,33). The first-order valence-electron chi connectivity index (χ1n) is 12.3. The van der Waals surface area contributed by atoms with Gasteiger partial charge < -0.3 is 24.8 Å². The molecule has 10 heteroatoms. The van der Waals surface area contributed by atoms with Gasteiger partial charge in [0.05, 0.1) is 17.7 Å². The summed E-state index contributed by atoms with van der Waals surface area (Å²) in [6.07, 6.45) is 2.43. The summed E-state index contributed by atoms with van der Waals surface area (Å²) >= 11 is 0. The molecular weight excluding hydrogens is 478 g/mol. The van der Waals surface area contributed by atoms with E-state index in [1.807, 2.05) is 13.8 Å². The van der Waals surface area contributed by atoms with Gasteiger partial charge in [-0.2, -0.15) is 0 Å². The van der Waals surface area contributed by atoms with Crippen molar-refractivity contribution in [3.8, 4) is 39.7 Å². The molecule has 0 aliphatic rings. The van der Waals surface area contributed by atoms with Crippen LogP contribution in [0, 0.1) is 0 Å². The highest BCUT2D eigenvalue weighted by atomic mass is 16.5. The fourth-order valence-corrected chi connectivity index (χ4v) is 3.91. The van der Waals surface area contributed by atoms with Crippen LogP contribution >= 0.6 is 0 Å². The first kappa shape index (κ1) is 27.5. The van der Waals surface area contributed by atoms with Crippen LogP contribution in [-0.4, -0.2) is 45.5 Å². The van der Waals surface area contributed by atoms with E-state index >= 15 is 0 Å². The van der Waals surface area contributed by atoms with Gasteiger partial charge in [0, 0.05) is 19.0 Å². The smallest absolute Gasteiger partial charge is 0.274 e. The first-order chi connectivity index (χ1) is 17.8. The number of unbranched alkanes of at least 4 members (excludes halogenated alkanes) is 2. The summed E-state index contributed by atoms with van der Waals surface area (Å²) in [5.74, 6) is -0.220. The molecule has 0 atom stereocenters. The highest BCUT2D eigenvalue weighted by Gasteiger charge is 2.27. The van der Waals surface area contributed by atoms with Crippen LogP contribution in [0.2, 0.25) is 0 Å². The zero-order valence-corrected chi connectivity index (χ0v) is 21.2. The van der Waals surface area contributed by atoms with Crippen LogP contribution in [-0.2, 0) is 4.79 Å². The van der Waals surface area contributed by atoms with Gasteiger partial charge in [-0.1, -0.05) is 31.1 Å². The number of carbonyl (C=O) groups excluding carboxylic acids is 2. The summed E-state index contributed by atoms with van der Waals surface area (Å²) in [7, 11) is 0. The van der Waals surface area contributed by atoms with Crippen molar-refractivity contribution in [1.82, 2.24) is 16.0 Å². The van der Waals surface area contributed by atoms with E-state index in [-0.39, 0.29) is 35.3 Å². The van der Waals surface area contributed by atoms with Gasteiger partial charge in [-0.05, 0) is 61.4 Å². The Bertz CT molecular complexity index is 1220. The lowest BCUT2D eigenvalue weighted by Crippen LogP contribution is -2.23. The van der Waals surface area contributed by atoms with Crippen molar-refractivity contribution >= 4 is 11.8 Å². The molecule has 3 rings (SSSR count). The van der Waals surface area contributed by atoms with Crippen LogP contribution in [0.4, 0.5) is 0 Å². The van der Waals surface area contributed by atoms with Gasteiger partial charge in [0.2, 0.25) is 5.91 Å². The number of aromatic hydroxyl groups is 2. The maximum absolute atomic E-state index is 12.8. The van der Waals surface area contributed by atoms with Crippen LogP contribution in [0.3, 0.4) is 0 Å². The second-order valence-corrected chi connectivity index (χ2v) is 8.90. The molecule has 0 fully saturated rings. The number of carbonyl (C=O) groups is 2. The molecule has 0 aliphatic heterocycles. The number of nitrogens with zero attached hydrogens (tertiary/aromatic N) is 1. The van der Waals surface area contributed by atoms with Crippen LogP contribution in [0.25, 0.3) is 22.5 Å². The largest absolute Gasteiger partial charge is 0.508 e. The van der Waals surface area contributed by atoms with Crippen LogP contribution in [0.15, 0.2) is 40.9 Å². The fourth-order valence-electron chi connectivity index (χ4n) is 3.91. The van der Waals surface area contributed by atoms with Crippen LogP contribution in [0.5, 0.6) is 17.2 Å². The number of aromatic nitrogens is 1. The van der Waals surface area contributed by atoms with Crippen molar-refractivity contribution in [1.29, 1.82) is 0 Å². The monoisotopic (exact) mass is 511 g/mol. The molecule has 0 spiro atoms. The lowest BCUT2D eigenvalue weighted by atomic mass is 9.94. The second-order valence-electron chi connectivity index (χ2n) is 8.90. The summed E-state index contributed by atoms with van der Waals surface area (Å²) in [6.45, 7) is 6.50. The molecule has 0 radical (unpaired) electrons. The van der Waals surface area contributed by atoms with Crippen LogP contribution in [0.1, 0.15) is 68.4 Å². The number of phenolic OH excluding ortho intramolecular Hbond substituents is 2. The fraction of sp³-hybridized carbons (Fsp3) is 0.370. The topological polar surface area (TPSA) is 154 Å². The van der Waals surface area contributed by atoms with Crippen molar-refractivity contribution in [3.05, 3.63) is 47.7 Å². The van der Waals surface area contributed by atoms with E-state index in [1.54, 1.807) is 42.7 Å². The molecule has 198 valence electrons. The average Bonchev–Trinajstić information content (AvgIpc) is 3.31. The highest BCUT2D eigenvalue weighted by molar-refractivity contribution is 6.02. The number of amides is 2. The quantitative estimate of drug-likeness (QED) is 0.133. The summed E-state index contributed by atoms with van der Waals surface area (Å²) < 4.78 is 11.4. The van der Waals surface area contributed by atoms with E-state index in [4.69, 9.17) is 14.5 Å². The molecule has 2 amide bonds. The van der Waals surface area contributed by atoms with Gasteiger partial charge >= 0.3 is 0 Å². The average molecular weight is 512 g/mol. The summed E-state index contributed by atoms with van der Waals surface area (Å²) in [5, 5.41) is 36.1. The number of nitrogens with one attached hydrogen (secondary N) is 2. The zero-order valence-electron chi connectivity index (χ0n) is 21.2. The van der Waals surface area contributed by atoms with Crippen LogP contribution < -0.4 is 15.5 Å². The zero-order chi connectivity index (χ0) is 26.9. The molecule has 0 bridgehead atoms. The minimum Gasteiger partial charge on any atom is -0.508 e. The Labute approximate surface area is 215 Å². The Morgan fingerprint density at radius 1 is 1.05 bits per heavy atom. The van der Waals surface area contributed by atoms with Gasteiger partial charge in [0.1, 0.15) is 17.2 Å². The Morgan fingerprint density at radius 3 is 2.43 bits per heavy atom. The van der Waals surface area contributed by atoms with Gasteiger partial charge in [-0.15, -0.1) is 0 Å². The van der Waals surface area contributed by atoms with E-state index < -0.39 is 11.8 Å². The Balaban J connectivity index is 1.86. The number of benzene rings is 2. The minimum atomic E-state index is -0.412. The van der Waals surface area contributed by atoms with Gasteiger partial charge in [0.15, 0.2) is 11.5 Å². The molecule has 0 aliphatic carbocycles. The maximum atomic E-state index is 12.8. The molecule has 5 N–H and O–H groups in total. The minimum absolute atomic E-state index is 0.0168. The van der Waals surface area contributed by atoms with Crippen molar-refractivity contribution in [2.75, 3.05) is 13.2 Å². The summed E-state index contributed by atoms with van der Waals surface area (Å²) in [6, 6.07) is 9.99. The molecular formula is C27H33N3O7. The number of phenols is 2. The van der Waals surface area contributed by atoms with E-state index in [2.05, 4.69) is 10.5 Å². The Hall–Kier alpha value is -4.05. The Kier molecular flexibility index (Phi) is 9.51. The maximum Gasteiger partial charge on any atom is 0.274 e. The molecule has 0 unspecified atom stereocenters. The third kappa shape index (κ3) is 6.79. The van der Waals surface area contributed by atoms with Gasteiger partial charge in [-0.3, -0.25) is 14.8 Å². The van der Waals surface area contributed by atoms with Crippen molar-refractivity contribution in [2.24, 2.45) is 0 Å². The van der Waals surface area contributed by atoms with E-state index in [0.717, 1.165) is 12.8 Å². The van der Waals surface area contributed by atoms with Gasteiger partial charge in [-0.25, -0.2) is 5.48 Å². The lowest BCUT2D eigenvalue weighted by Gasteiger charge is -2.13.